The van der Waals surface area contributed by atoms with E-state index in [-0.39, 0.29) is 18.2 Å². The number of amides is 1. The first-order valence-electron chi connectivity index (χ1n) is 5.36. The van der Waals surface area contributed by atoms with Crippen LogP contribution in [0.3, 0.4) is 0 Å². The molecule has 0 radical (unpaired) electrons. The van der Waals surface area contributed by atoms with E-state index in [9.17, 15) is 4.79 Å². The molecule has 0 aromatic carbocycles. The average Bonchev–Trinajstić information content (AvgIpc) is 2.31. The summed E-state index contributed by atoms with van der Waals surface area (Å²) in [6.07, 6.45) is 3.06. The first kappa shape index (κ1) is 11.3. The fourth-order valence-corrected chi connectivity index (χ4v) is 1.56. The average molecular weight is 200 g/mol. The monoisotopic (exact) mass is 200 g/mol. The third kappa shape index (κ3) is 4.46. The standard InChI is InChI=1S/C10H20N2O2/c1-8(2)14-10(13)12-9-5-3-4-6-11-7-9/h8-9,11H,3-7H2,1-2H3,(H,12,13). The molecular formula is C10H20N2O2. The van der Waals surface area contributed by atoms with Gasteiger partial charge in [0.25, 0.3) is 0 Å². The Labute approximate surface area is 85.4 Å². The molecule has 1 atom stereocenters. The summed E-state index contributed by atoms with van der Waals surface area (Å²) >= 11 is 0. The SMILES string of the molecule is CC(C)OC(=O)NC1CCCCNC1. The summed E-state index contributed by atoms with van der Waals surface area (Å²) in [5.41, 5.74) is 0. The van der Waals surface area contributed by atoms with Crippen LogP contribution in [-0.2, 0) is 4.74 Å². The fraction of sp³-hybridized carbons (Fsp3) is 0.900. The number of ether oxygens (including phenoxy) is 1. The van der Waals surface area contributed by atoms with Gasteiger partial charge in [-0.3, -0.25) is 0 Å². The summed E-state index contributed by atoms with van der Waals surface area (Å²) in [5, 5.41) is 6.15. The number of alkyl carbamates (subject to hydrolysis) is 1. The molecule has 14 heavy (non-hydrogen) atoms. The maximum absolute atomic E-state index is 11.3. The second-order valence-corrected chi connectivity index (χ2v) is 4.00. The Balaban J connectivity index is 2.23. The van der Waals surface area contributed by atoms with Crippen molar-refractivity contribution in [2.45, 2.75) is 45.3 Å². The molecule has 1 unspecified atom stereocenters. The lowest BCUT2D eigenvalue weighted by molar-refractivity contribution is 0.112. The molecule has 4 heteroatoms. The zero-order valence-corrected chi connectivity index (χ0v) is 9.01. The van der Waals surface area contributed by atoms with Crippen LogP contribution in [0.1, 0.15) is 33.1 Å². The van der Waals surface area contributed by atoms with E-state index < -0.39 is 0 Å². The van der Waals surface area contributed by atoms with Crippen molar-refractivity contribution in [1.82, 2.24) is 10.6 Å². The molecular weight excluding hydrogens is 180 g/mol. The molecule has 1 heterocycles. The van der Waals surface area contributed by atoms with Crippen molar-refractivity contribution in [2.24, 2.45) is 0 Å². The topological polar surface area (TPSA) is 50.4 Å². The maximum Gasteiger partial charge on any atom is 0.407 e. The summed E-state index contributed by atoms with van der Waals surface area (Å²) in [7, 11) is 0. The summed E-state index contributed by atoms with van der Waals surface area (Å²) in [5.74, 6) is 0. The van der Waals surface area contributed by atoms with Crippen molar-refractivity contribution in [3.8, 4) is 0 Å². The number of hydrogen-bond donors (Lipinski definition) is 2. The summed E-state index contributed by atoms with van der Waals surface area (Å²) in [4.78, 5) is 11.3. The molecule has 0 spiro atoms. The minimum atomic E-state index is -0.298. The Bertz CT molecular complexity index is 175. The minimum absolute atomic E-state index is 0.0475. The van der Waals surface area contributed by atoms with Crippen LogP contribution in [-0.4, -0.2) is 31.3 Å². The van der Waals surface area contributed by atoms with Crippen LogP contribution in [0.4, 0.5) is 4.79 Å². The van der Waals surface area contributed by atoms with Gasteiger partial charge in [0.2, 0.25) is 0 Å². The van der Waals surface area contributed by atoms with Gasteiger partial charge in [-0.25, -0.2) is 4.79 Å². The Morgan fingerprint density at radius 1 is 1.50 bits per heavy atom. The molecule has 1 amide bonds. The van der Waals surface area contributed by atoms with Gasteiger partial charge in [0, 0.05) is 12.6 Å². The van der Waals surface area contributed by atoms with E-state index in [4.69, 9.17) is 4.74 Å². The lowest BCUT2D eigenvalue weighted by Crippen LogP contribution is -2.41. The highest BCUT2D eigenvalue weighted by Gasteiger charge is 2.15. The molecule has 1 saturated heterocycles. The van der Waals surface area contributed by atoms with Crippen molar-refractivity contribution < 1.29 is 9.53 Å². The van der Waals surface area contributed by atoms with E-state index in [1.807, 2.05) is 13.8 Å². The van der Waals surface area contributed by atoms with Crippen LogP contribution < -0.4 is 10.6 Å². The number of hydrogen-bond acceptors (Lipinski definition) is 3. The van der Waals surface area contributed by atoms with Crippen molar-refractivity contribution in [3.63, 3.8) is 0 Å². The number of rotatable bonds is 2. The molecule has 82 valence electrons. The van der Waals surface area contributed by atoms with Crippen LogP contribution in [0.15, 0.2) is 0 Å². The zero-order valence-electron chi connectivity index (χ0n) is 9.01. The summed E-state index contributed by atoms with van der Waals surface area (Å²) in [6.45, 7) is 5.61. The highest BCUT2D eigenvalue weighted by atomic mass is 16.6. The lowest BCUT2D eigenvalue weighted by atomic mass is 10.1. The molecule has 0 aliphatic carbocycles. The van der Waals surface area contributed by atoms with Crippen LogP contribution >= 0.6 is 0 Å². The van der Waals surface area contributed by atoms with Gasteiger partial charge >= 0.3 is 6.09 Å². The largest absolute Gasteiger partial charge is 0.447 e. The highest BCUT2D eigenvalue weighted by molar-refractivity contribution is 5.67. The van der Waals surface area contributed by atoms with E-state index >= 15 is 0 Å². The minimum Gasteiger partial charge on any atom is -0.447 e. The van der Waals surface area contributed by atoms with Gasteiger partial charge in [-0.2, -0.15) is 0 Å². The molecule has 0 saturated carbocycles. The molecule has 1 rings (SSSR count). The van der Waals surface area contributed by atoms with E-state index in [1.54, 1.807) is 0 Å². The molecule has 2 N–H and O–H groups in total. The van der Waals surface area contributed by atoms with E-state index in [1.165, 1.54) is 12.8 Å². The van der Waals surface area contributed by atoms with Crippen molar-refractivity contribution in [3.05, 3.63) is 0 Å². The van der Waals surface area contributed by atoms with Crippen LogP contribution in [0, 0.1) is 0 Å². The zero-order chi connectivity index (χ0) is 10.4. The molecule has 1 aliphatic heterocycles. The van der Waals surface area contributed by atoms with E-state index in [0.29, 0.717) is 0 Å². The predicted octanol–water partition coefficient (Wildman–Crippen LogP) is 1.26. The Morgan fingerprint density at radius 3 is 3.00 bits per heavy atom. The first-order valence-corrected chi connectivity index (χ1v) is 5.36. The number of carbonyl (C=O) groups is 1. The fourth-order valence-electron chi connectivity index (χ4n) is 1.56. The van der Waals surface area contributed by atoms with Gasteiger partial charge in [0.05, 0.1) is 6.10 Å². The number of nitrogens with one attached hydrogen (secondary N) is 2. The Hall–Kier alpha value is -0.770. The third-order valence-corrected chi connectivity index (χ3v) is 2.21. The van der Waals surface area contributed by atoms with Crippen molar-refractivity contribution in [2.75, 3.05) is 13.1 Å². The molecule has 4 nitrogen and oxygen atoms in total. The van der Waals surface area contributed by atoms with Crippen LogP contribution in [0.25, 0.3) is 0 Å². The van der Waals surface area contributed by atoms with Crippen LogP contribution in [0.5, 0.6) is 0 Å². The Kier molecular flexibility index (Phi) is 4.73. The molecule has 0 bridgehead atoms. The molecule has 1 fully saturated rings. The quantitative estimate of drug-likeness (QED) is 0.705. The maximum atomic E-state index is 11.3. The van der Waals surface area contributed by atoms with Gasteiger partial charge in [-0.05, 0) is 33.2 Å². The van der Waals surface area contributed by atoms with Gasteiger partial charge in [-0.15, -0.1) is 0 Å². The summed E-state index contributed by atoms with van der Waals surface area (Å²) < 4.78 is 5.02. The van der Waals surface area contributed by atoms with Crippen molar-refractivity contribution in [1.29, 1.82) is 0 Å². The van der Waals surface area contributed by atoms with Crippen molar-refractivity contribution >= 4 is 6.09 Å². The highest BCUT2D eigenvalue weighted by Crippen LogP contribution is 2.04. The normalized spacial score (nSPS) is 22.9. The predicted molar refractivity (Wildman–Crippen MR) is 55.3 cm³/mol. The molecule has 0 aromatic rings. The smallest absolute Gasteiger partial charge is 0.407 e. The van der Waals surface area contributed by atoms with Gasteiger partial charge in [0.15, 0.2) is 0 Å². The van der Waals surface area contributed by atoms with Gasteiger partial charge in [-0.1, -0.05) is 6.42 Å². The molecule has 1 aliphatic rings. The van der Waals surface area contributed by atoms with Gasteiger partial charge in [0.1, 0.15) is 0 Å². The second-order valence-electron chi connectivity index (χ2n) is 4.00. The Morgan fingerprint density at radius 2 is 2.29 bits per heavy atom. The van der Waals surface area contributed by atoms with Crippen LogP contribution in [0.2, 0.25) is 0 Å². The van der Waals surface area contributed by atoms with E-state index in [2.05, 4.69) is 10.6 Å². The molecule has 0 aromatic heterocycles. The number of carbonyl (C=O) groups excluding carboxylic acids is 1. The second kappa shape index (κ2) is 5.86. The van der Waals surface area contributed by atoms with E-state index in [0.717, 1.165) is 19.5 Å². The third-order valence-electron chi connectivity index (χ3n) is 2.21. The van der Waals surface area contributed by atoms with Gasteiger partial charge < -0.3 is 15.4 Å². The lowest BCUT2D eigenvalue weighted by Gasteiger charge is -2.17. The summed E-state index contributed by atoms with van der Waals surface area (Å²) in [6, 6.07) is 0.226. The first-order chi connectivity index (χ1) is 6.68.